The summed E-state index contributed by atoms with van der Waals surface area (Å²) in [5.41, 5.74) is 2.42. The molecule has 0 unspecified atom stereocenters. The van der Waals surface area contributed by atoms with E-state index in [2.05, 4.69) is 18.3 Å². The van der Waals surface area contributed by atoms with E-state index >= 15 is 0 Å². The van der Waals surface area contributed by atoms with Crippen LogP contribution >= 0.6 is 0 Å². The molecule has 2 aromatic carbocycles. The molecule has 0 saturated carbocycles. The van der Waals surface area contributed by atoms with Crippen molar-refractivity contribution < 1.29 is 13.6 Å². The first-order valence-electron chi connectivity index (χ1n) is 6.73. The number of hydrogen-bond acceptors (Lipinski definition) is 2. The Morgan fingerprint density at radius 3 is 2.48 bits per heavy atom. The Balaban J connectivity index is 1.93. The number of halogens is 2. The molecule has 2 aromatic rings. The van der Waals surface area contributed by atoms with E-state index in [1.165, 1.54) is 11.6 Å². The van der Waals surface area contributed by atoms with Crippen LogP contribution in [0.1, 0.15) is 35.6 Å². The van der Waals surface area contributed by atoms with Crippen molar-refractivity contribution in [3.8, 4) is 0 Å². The summed E-state index contributed by atoms with van der Waals surface area (Å²) < 4.78 is 25.5. The van der Waals surface area contributed by atoms with Crippen molar-refractivity contribution in [3.05, 3.63) is 70.8 Å². The van der Waals surface area contributed by atoms with Crippen molar-refractivity contribution in [1.29, 1.82) is 0 Å². The highest BCUT2D eigenvalue weighted by atomic mass is 19.3. The molecule has 0 saturated heterocycles. The van der Waals surface area contributed by atoms with Crippen molar-refractivity contribution in [1.82, 2.24) is 0 Å². The number of aryl methyl sites for hydroxylation is 1. The predicted octanol–water partition coefficient (Wildman–Crippen LogP) is 4.61. The summed E-state index contributed by atoms with van der Waals surface area (Å²) in [5, 5.41) is 3.70. The number of rotatable bonds is 6. The maximum atomic E-state index is 12.8. The molecule has 0 aliphatic rings. The van der Waals surface area contributed by atoms with Crippen molar-refractivity contribution in [2.24, 2.45) is 5.16 Å². The molecule has 0 bridgehead atoms. The molecule has 0 heterocycles. The first-order valence-corrected chi connectivity index (χ1v) is 6.73. The van der Waals surface area contributed by atoms with Crippen LogP contribution in [0.5, 0.6) is 0 Å². The Bertz CT molecular complexity index is 594. The van der Waals surface area contributed by atoms with Gasteiger partial charge in [-0.25, -0.2) is 8.78 Å². The first-order chi connectivity index (χ1) is 10.2. The van der Waals surface area contributed by atoms with Crippen LogP contribution in [0.4, 0.5) is 8.78 Å². The quantitative estimate of drug-likeness (QED) is 0.561. The van der Waals surface area contributed by atoms with E-state index in [1.54, 1.807) is 18.2 Å². The highest BCUT2D eigenvalue weighted by Gasteiger charge is 2.11. The van der Waals surface area contributed by atoms with Gasteiger partial charge in [0.1, 0.15) is 12.8 Å². The van der Waals surface area contributed by atoms with E-state index in [-0.39, 0.29) is 12.2 Å². The van der Waals surface area contributed by atoms with Crippen LogP contribution in [0, 0.1) is 0 Å². The maximum absolute atomic E-state index is 12.8. The molecule has 1 radical (unpaired) electrons. The fourth-order valence-corrected chi connectivity index (χ4v) is 1.88. The minimum Gasteiger partial charge on any atom is -0.390 e. The second-order valence-electron chi connectivity index (χ2n) is 4.53. The van der Waals surface area contributed by atoms with Crippen LogP contribution in [-0.2, 0) is 17.9 Å². The van der Waals surface area contributed by atoms with Crippen LogP contribution in [0.2, 0.25) is 0 Å². The fourth-order valence-electron chi connectivity index (χ4n) is 1.88. The SMILES string of the molecule is CCc1ccc(/[C]=N\OCc2ccccc2C(F)F)cc1. The van der Waals surface area contributed by atoms with Gasteiger partial charge in [-0.3, -0.25) is 0 Å². The van der Waals surface area contributed by atoms with Gasteiger partial charge >= 0.3 is 0 Å². The summed E-state index contributed by atoms with van der Waals surface area (Å²) in [7, 11) is 0. The van der Waals surface area contributed by atoms with Gasteiger partial charge in [0.25, 0.3) is 6.43 Å². The molecule has 0 aliphatic heterocycles. The van der Waals surface area contributed by atoms with Crippen molar-refractivity contribution in [2.75, 3.05) is 0 Å². The second-order valence-corrected chi connectivity index (χ2v) is 4.53. The Hall–Kier alpha value is -2.23. The van der Waals surface area contributed by atoms with E-state index in [9.17, 15) is 8.78 Å². The lowest BCUT2D eigenvalue weighted by molar-refractivity contribution is 0.120. The van der Waals surface area contributed by atoms with Crippen LogP contribution in [-0.4, -0.2) is 6.21 Å². The highest BCUT2D eigenvalue weighted by Crippen LogP contribution is 2.23. The third kappa shape index (κ3) is 4.38. The Morgan fingerprint density at radius 1 is 1.10 bits per heavy atom. The molecule has 109 valence electrons. The third-order valence-electron chi connectivity index (χ3n) is 3.11. The zero-order valence-corrected chi connectivity index (χ0v) is 11.7. The molecule has 2 rings (SSSR count). The van der Waals surface area contributed by atoms with Crippen molar-refractivity contribution in [3.63, 3.8) is 0 Å². The topological polar surface area (TPSA) is 21.6 Å². The molecular weight excluding hydrogens is 272 g/mol. The summed E-state index contributed by atoms with van der Waals surface area (Å²) in [6.07, 6.45) is 1.19. The number of benzene rings is 2. The average molecular weight is 288 g/mol. The van der Waals surface area contributed by atoms with Gasteiger partial charge in [-0.15, -0.1) is 0 Å². The summed E-state index contributed by atoms with van der Waals surface area (Å²) in [4.78, 5) is 5.05. The molecule has 2 nitrogen and oxygen atoms in total. The molecule has 0 aliphatic carbocycles. The largest absolute Gasteiger partial charge is 0.390 e. The molecule has 0 amide bonds. The van der Waals surface area contributed by atoms with E-state index in [1.807, 2.05) is 24.3 Å². The molecule has 0 spiro atoms. The molecule has 21 heavy (non-hydrogen) atoms. The number of nitrogens with zero attached hydrogens (tertiary/aromatic N) is 1. The van der Waals surface area contributed by atoms with Crippen LogP contribution < -0.4 is 0 Å². The molecule has 4 heteroatoms. The first kappa shape index (κ1) is 15.2. The van der Waals surface area contributed by atoms with Crippen molar-refractivity contribution in [2.45, 2.75) is 26.4 Å². The summed E-state index contributed by atoms with van der Waals surface area (Å²) >= 11 is 0. The van der Waals surface area contributed by atoms with Crippen molar-refractivity contribution >= 4 is 6.21 Å². The van der Waals surface area contributed by atoms with Gasteiger partial charge < -0.3 is 4.84 Å². The second kappa shape index (κ2) is 7.53. The number of hydrogen-bond donors (Lipinski definition) is 0. The van der Waals surface area contributed by atoms with Crippen LogP contribution in [0.25, 0.3) is 0 Å². The lowest BCUT2D eigenvalue weighted by Gasteiger charge is -2.06. The van der Waals surface area contributed by atoms with E-state index < -0.39 is 6.43 Å². The van der Waals surface area contributed by atoms with Gasteiger partial charge in [0.15, 0.2) is 0 Å². The van der Waals surface area contributed by atoms with Crippen LogP contribution in [0.3, 0.4) is 0 Å². The summed E-state index contributed by atoms with van der Waals surface area (Å²) in [5.74, 6) is 0. The minimum absolute atomic E-state index is 0.000552. The minimum atomic E-state index is -2.51. The van der Waals surface area contributed by atoms with E-state index in [4.69, 9.17) is 4.84 Å². The molecular formula is C17H16F2NO. The maximum Gasteiger partial charge on any atom is 0.264 e. The molecule has 0 atom stereocenters. The third-order valence-corrected chi connectivity index (χ3v) is 3.11. The highest BCUT2D eigenvalue weighted by molar-refractivity contribution is 5.79. The Kier molecular flexibility index (Phi) is 5.43. The standard InChI is InChI=1S/C17H16F2NO/c1-2-13-7-9-14(10-8-13)11-20-21-12-15-5-3-4-6-16(15)17(18)19/h3-10,17H,2,12H2,1H3. The zero-order valence-electron chi connectivity index (χ0n) is 11.7. The van der Waals surface area contributed by atoms with Gasteiger partial charge in [-0.05, 0) is 12.0 Å². The molecule has 0 aromatic heterocycles. The molecule has 0 N–H and O–H groups in total. The van der Waals surface area contributed by atoms with Gasteiger partial charge in [0, 0.05) is 16.7 Å². The van der Waals surface area contributed by atoms with Gasteiger partial charge in [0.2, 0.25) is 0 Å². The monoisotopic (exact) mass is 288 g/mol. The summed E-state index contributed by atoms with van der Waals surface area (Å²) in [6.45, 7) is 2.08. The van der Waals surface area contributed by atoms with Gasteiger partial charge in [0.05, 0.1) is 0 Å². The number of alkyl halides is 2. The van der Waals surface area contributed by atoms with Gasteiger partial charge in [-0.2, -0.15) is 0 Å². The smallest absolute Gasteiger partial charge is 0.264 e. The zero-order chi connectivity index (χ0) is 15.1. The van der Waals surface area contributed by atoms with E-state index in [0.29, 0.717) is 5.56 Å². The molecule has 0 fully saturated rings. The summed E-state index contributed by atoms with van der Waals surface area (Å²) in [6, 6.07) is 14.0. The van der Waals surface area contributed by atoms with E-state index in [0.717, 1.165) is 12.0 Å². The Labute approximate surface area is 123 Å². The van der Waals surface area contributed by atoms with Crippen LogP contribution in [0.15, 0.2) is 53.7 Å². The lowest BCUT2D eigenvalue weighted by atomic mass is 10.1. The predicted molar refractivity (Wildman–Crippen MR) is 78.5 cm³/mol. The average Bonchev–Trinajstić information content (AvgIpc) is 2.52. The van der Waals surface area contributed by atoms with Gasteiger partial charge in [-0.1, -0.05) is 60.6 Å². The fraction of sp³-hybridized carbons (Fsp3) is 0.235. The lowest BCUT2D eigenvalue weighted by Crippen LogP contribution is -1.96. The Morgan fingerprint density at radius 2 is 1.81 bits per heavy atom. The normalized spacial score (nSPS) is 11.2.